The maximum atomic E-state index is 5.82. The number of fused-ring (bicyclic) bond motifs is 1. The Hall–Kier alpha value is -2.33. The summed E-state index contributed by atoms with van der Waals surface area (Å²) in [5.41, 5.74) is 2.03. The normalized spacial score (nSPS) is 10.9. The summed E-state index contributed by atoms with van der Waals surface area (Å²) >= 11 is 0. The van der Waals surface area contributed by atoms with E-state index in [-0.39, 0.29) is 0 Å². The predicted octanol–water partition coefficient (Wildman–Crippen LogP) is 3.65. The highest BCUT2D eigenvalue weighted by atomic mass is 16.5. The molecule has 0 amide bonds. The second-order valence-electron chi connectivity index (χ2n) is 4.62. The number of hydrogen-bond donors (Lipinski definition) is 1. The van der Waals surface area contributed by atoms with Crippen molar-refractivity contribution >= 4 is 11.0 Å². The Balaban J connectivity index is 1.96. The monoisotopic (exact) mass is 268 g/mol. The van der Waals surface area contributed by atoms with Crippen LogP contribution < -0.4 is 10.1 Å². The van der Waals surface area contributed by atoms with E-state index in [0.717, 1.165) is 40.3 Å². The van der Waals surface area contributed by atoms with Crippen LogP contribution in [0.1, 0.15) is 11.3 Å². The van der Waals surface area contributed by atoms with Crippen molar-refractivity contribution in [2.75, 3.05) is 7.05 Å². The molecular formula is C16H16N2O2. The molecule has 3 aromatic rings. The summed E-state index contributed by atoms with van der Waals surface area (Å²) in [6.07, 6.45) is 3.42. The number of hydrogen-bond acceptors (Lipinski definition) is 4. The Bertz CT molecular complexity index is 720. The molecule has 0 aliphatic rings. The smallest absolute Gasteiger partial charge is 0.134 e. The zero-order valence-corrected chi connectivity index (χ0v) is 11.5. The van der Waals surface area contributed by atoms with Crippen LogP contribution >= 0.6 is 0 Å². The summed E-state index contributed by atoms with van der Waals surface area (Å²) in [5.74, 6) is 2.53. The van der Waals surface area contributed by atoms with Gasteiger partial charge >= 0.3 is 0 Å². The third kappa shape index (κ3) is 2.38. The summed E-state index contributed by atoms with van der Waals surface area (Å²) in [6, 6.07) is 9.53. The van der Waals surface area contributed by atoms with Gasteiger partial charge in [0.05, 0.1) is 6.54 Å². The van der Waals surface area contributed by atoms with Gasteiger partial charge in [0.1, 0.15) is 22.8 Å². The standard InChI is InChI=1S/C16H16N2O2/c1-11-14-9-13(19-12-5-7-18-8-6-12)3-4-15(14)20-16(11)10-17-2/h3-9,17H,10H2,1-2H3. The number of benzene rings is 1. The maximum absolute atomic E-state index is 5.82. The van der Waals surface area contributed by atoms with Gasteiger partial charge in [-0.15, -0.1) is 0 Å². The van der Waals surface area contributed by atoms with Gasteiger partial charge in [0.25, 0.3) is 0 Å². The molecule has 0 unspecified atom stereocenters. The van der Waals surface area contributed by atoms with Crippen molar-refractivity contribution in [3.8, 4) is 11.5 Å². The molecule has 0 saturated carbocycles. The molecule has 2 aromatic heterocycles. The van der Waals surface area contributed by atoms with E-state index in [0.29, 0.717) is 0 Å². The van der Waals surface area contributed by atoms with Gasteiger partial charge in [-0.05, 0) is 49.9 Å². The molecule has 3 rings (SSSR count). The lowest BCUT2D eigenvalue weighted by Crippen LogP contribution is -2.04. The Kier molecular flexibility index (Phi) is 3.39. The van der Waals surface area contributed by atoms with E-state index >= 15 is 0 Å². The quantitative estimate of drug-likeness (QED) is 0.784. The Morgan fingerprint density at radius 1 is 1.15 bits per heavy atom. The number of aryl methyl sites for hydroxylation is 1. The van der Waals surface area contributed by atoms with E-state index in [1.54, 1.807) is 12.4 Å². The van der Waals surface area contributed by atoms with Crippen molar-refractivity contribution in [3.05, 3.63) is 54.0 Å². The van der Waals surface area contributed by atoms with Crippen molar-refractivity contribution < 1.29 is 9.15 Å². The second kappa shape index (κ2) is 5.35. The van der Waals surface area contributed by atoms with Crippen LogP contribution in [0.3, 0.4) is 0 Å². The number of nitrogens with zero attached hydrogens (tertiary/aromatic N) is 1. The first kappa shape index (κ1) is 12.7. The molecule has 0 radical (unpaired) electrons. The van der Waals surface area contributed by atoms with E-state index in [1.807, 2.05) is 37.4 Å². The first-order valence-electron chi connectivity index (χ1n) is 6.52. The van der Waals surface area contributed by atoms with Crippen LogP contribution in [-0.4, -0.2) is 12.0 Å². The molecule has 0 aliphatic heterocycles. The van der Waals surface area contributed by atoms with E-state index in [2.05, 4.69) is 17.2 Å². The van der Waals surface area contributed by atoms with E-state index in [1.165, 1.54) is 0 Å². The zero-order valence-electron chi connectivity index (χ0n) is 11.5. The molecule has 4 nitrogen and oxygen atoms in total. The van der Waals surface area contributed by atoms with Gasteiger partial charge < -0.3 is 14.5 Å². The predicted molar refractivity (Wildman–Crippen MR) is 78.0 cm³/mol. The number of nitrogens with one attached hydrogen (secondary N) is 1. The SMILES string of the molecule is CNCc1oc2ccc(Oc3ccncc3)cc2c1C. The van der Waals surface area contributed by atoms with Crippen LogP contribution in [0.2, 0.25) is 0 Å². The van der Waals surface area contributed by atoms with Gasteiger partial charge in [-0.3, -0.25) is 4.98 Å². The van der Waals surface area contributed by atoms with Gasteiger partial charge in [-0.1, -0.05) is 0 Å². The summed E-state index contributed by atoms with van der Waals surface area (Å²) in [4.78, 5) is 3.97. The van der Waals surface area contributed by atoms with Crippen LogP contribution in [0, 0.1) is 6.92 Å². The van der Waals surface area contributed by atoms with Crippen molar-refractivity contribution in [3.63, 3.8) is 0 Å². The first-order valence-corrected chi connectivity index (χ1v) is 6.52. The minimum Gasteiger partial charge on any atom is -0.459 e. The number of ether oxygens (including phenoxy) is 1. The van der Waals surface area contributed by atoms with Crippen LogP contribution in [0.25, 0.3) is 11.0 Å². The molecule has 0 fully saturated rings. The molecule has 0 atom stereocenters. The fourth-order valence-electron chi connectivity index (χ4n) is 2.19. The van der Waals surface area contributed by atoms with Crippen LogP contribution in [0.4, 0.5) is 0 Å². The second-order valence-corrected chi connectivity index (χ2v) is 4.62. The molecule has 0 aliphatic carbocycles. The lowest BCUT2D eigenvalue weighted by atomic mass is 10.1. The van der Waals surface area contributed by atoms with Gasteiger partial charge in [0.15, 0.2) is 0 Å². The minimum atomic E-state index is 0.723. The molecule has 1 N–H and O–H groups in total. The number of furan rings is 1. The molecule has 0 saturated heterocycles. The molecule has 1 aromatic carbocycles. The lowest BCUT2D eigenvalue weighted by Gasteiger charge is -2.04. The number of rotatable bonds is 4. The molecule has 2 heterocycles. The average Bonchev–Trinajstić information content (AvgIpc) is 2.77. The Morgan fingerprint density at radius 3 is 2.70 bits per heavy atom. The lowest BCUT2D eigenvalue weighted by molar-refractivity contribution is 0.482. The van der Waals surface area contributed by atoms with E-state index in [9.17, 15) is 0 Å². The molecular weight excluding hydrogens is 252 g/mol. The van der Waals surface area contributed by atoms with Gasteiger partial charge in [0, 0.05) is 17.8 Å². The average molecular weight is 268 g/mol. The summed E-state index contributed by atoms with van der Waals surface area (Å²) in [7, 11) is 1.91. The topological polar surface area (TPSA) is 47.3 Å². The first-order chi connectivity index (χ1) is 9.78. The molecule has 0 spiro atoms. The highest BCUT2D eigenvalue weighted by Crippen LogP contribution is 2.30. The van der Waals surface area contributed by atoms with Gasteiger partial charge in [0.2, 0.25) is 0 Å². The van der Waals surface area contributed by atoms with Crippen molar-refractivity contribution in [2.24, 2.45) is 0 Å². The highest BCUT2D eigenvalue weighted by Gasteiger charge is 2.10. The molecule has 20 heavy (non-hydrogen) atoms. The summed E-state index contributed by atoms with van der Waals surface area (Å²) < 4.78 is 11.6. The Labute approximate surface area is 117 Å². The van der Waals surface area contributed by atoms with Gasteiger partial charge in [-0.2, -0.15) is 0 Å². The Morgan fingerprint density at radius 2 is 1.95 bits per heavy atom. The third-order valence-corrected chi connectivity index (χ3v) is 3.23. The van der Waals surface area contributed by atoms with Crippen LogP contribution in [-0.2, 0) is 6.54 Å². The van der Waals surface area contributed by atoms with Crippen LogP contribution in [0.5, 0.6) is 11.5 Å². The van der Waals surface area contributed by atoms with Gasteiger partial charge in [-0.25, -0.2) is 0 Å². The molecule has 0 bridgehead atoms. The maximum Gasteiger partial charge on any atom is 0.134 e. The van der Waals surface area contributed by atoms with Crippen LogP contribution in [0.15, 0.2) is 47.1 Å². The fraction of sp³-hybridized carbons (Fsp3) is 0.188. The highest BCUT2D eigenvalue weighted by molar-refractivity contribution is 5.83. The summed E-state index contributed by atoms with van der Waals surface area (Å²) in [6.45, 7) is 2.79. The van der Waals surface area contributed by atoms with Crippen molar-refractivity contribution in [1.29, 1.82) is 0 Å². The van der Waals surface area contributed by atoms with Crippen molar-refractivity contribution in [2.45, 2.75) is 13.5 Å². The third-order valence-electron chi connectivity index (χ3n) is 3.23. The number of aromatic nitrogens is 1. The van der Waals surface area contributed by atoms with Crippen molar-refractivity contribution in [1.82, 2.24) is 10.3 Å². The fourth-order valence-corrected chi connectivity index (χ4v) is 2.19. The largest absolute Gasteiger partial charge is 0.459 e. The van der Waals surface area contributed by atoms with E-state index in [4.69, 9.17) is 9.15 Å². The molecule has 102 valence electrons. The minimum absolute atomic E-state index is 0.723. The summed E-state index contributed by atoms with van der Waals surface area (Å²) in [5, 5.41) is 4.19. The zero-order chi connectivity index (χ0) is 13.9. The molecule has 4 heteroatoms. The van der Waals surface area contributed by atoms with E-state index < -0.39 is 0 Å². The number of pyridine rings is 1.